The van der Waals surface area contributed by atoms with Gasteiger partial charge in [-0.2, -0.15) is 0 Å². The van der Waals surface area contributed by atoms with Gasteiger partial charge >= 0.3 is 0 Å². The van der Waals surface area contributed by atoms with Crippen molar-refractivity contribution < 1.29 is 15.0 Å². The Hall–Kier alpha value is -2.62. The summed E-state index contributed by atoms with van der Waals surface area (Å²) in [4.78, 5) is 27.6. The fourth-order valence-electron chi connectivity index (χ4n) is 3.62. The molecule has 1 fully saturated rings. The molecule has 9 heteroatoms. The van der Waals surface area contributed by atoms with Gasteiger partial charge in [-0.15, -0.1) is 0 Å². The lowest BCUT2D eigenvalue weighted by Gasteiger charge is -2.30. The minimum atomic E-state index is -1.16. The van der Waals surface area contributed by atoms with E-state index in [-0.39, 0.29) is 18.2 Å². The summed E-state index contributed by atoms with van der Waals surface area (Å²) in [5, 5.41) is 23.8. The SMILES string of the molecule is CC(C)(O)c1cc2nc(N3CCC(CO)CC3)sc2cc1NC(=O)c1cnccn1. The number of thiazole rings is 1. The van der Waals surface area contributed by atoms with Gasteiger partial charge in [-0.1, -0.05) is 11.3 Å². The molecule has 3 heterocycles. The van der Waals surface area contributed by atoms with E-state index in [1.54, 1.807) is 25.2 Å². The van der Waals surface area contributed by atoms with E-state index in [4.69, 9.17) is 4.98 Å². The zero-order chi connectivity index (χ0) is 21.3. The number of aromatic nitrogens is 3. The molecule has 0 spiro atoms. The molecule has 1 aliphatic rings. The van der Waals surface area contributed by atoms with E-state index < -0.39 is 5.60 Å². The number of aliphatic hydroxyl groups is 2. The van der Waals surface area contributed by atoms with Crippen molar-refractivity contribution in [3.63, 3.8) is 0 Å². The van der Waals surface area contributed by atoms with Crippen LogP contribution in [-0.2, 0) is 5.60 Å². The van der Waals surface area contributed by atoms with Crippen LogP contribution in [0.2, 0.25) is 0 Å². The summed E-state index contributed by atoms with van der Waals surface area (Å²) >= 11 is 1.56. The standard InChI is InChI=1S/C21H25N5O3S/c1-21(2,29)14-9-16-18(10-15(14)24-19(28)17-11-22-5-6-23-17)30-20(25-16)26-7-3-13(12-27)4-8-26/h5-6,9-11,13,27,29H,3-4,7-8,12H2,1-2H3,(H,24,28). The first kappa shape index (κ1) is 20.6. The molecule has 0 unspecified atom stereocenters. The average molecular weight is 428 g/mol. The molecule has 8 nitrogen and oxygen atoms in total. The lowest BCUT2D eigenvalue weighted by Crippen LogP contribution is -2.34. The number of benzene rings is 1. The largest absolute Gasteiger partial charge is 0.396 e. The second kappa shape index (κ2) is 8.25. The van der Waals surface area contributed by atoms with Crippen LogP contribution in [0, 0.1) is 5.92 Å². The number of hydrogen-bond acceptors (Lipinski definition) is 8. The molecule has 4 rings (SSSR count). The quantitative estimate of drug-likeness (QED) is 0.574. The predicted octanol–water partition coefficient (Wildman–Crippen LogP) is 2.77. The summed E-state index contributed by atoms with van der Waals surface area (Å²) in [6.45, 7) is 5.31. The number of nitrogens with one attached hydrogen (secondary N) is 1. The highest BCUT2D eigenvalue weighted by atomic mass is 32.1. The van der Waals surface area contributed by atoms with Crippen molar-refractivity contribution in [1.82, 2.24) is 15.0 Å². The topological polar surface area (TPSA) is 111 Å². The van der Waals surface area contributed by atoms with E-state index in [0.717, 1.165) is 41.3 Å². The minimum Gasteiger partial charge on any atom is -0.396 e. The third-order valence-corrected chi connectivity index (χ3v) is 6.44. The summed E-state index contributed by atoms with van der Waals surface area (Å²) < 4.78 is 0.928. The van der Waals surface area contributed by atoms with Crippen LogP contribution in [0.25, 0.3) is 10.2 Å². The number of piperidine rings is 1. The van der Waals surface area contributed by atoms with E-state index in [1.165, 1.54) is 18.6 Å². The first-order valence-electron chi connectivity index (χ1n) is 9.96. The Bertz CT molecular complexity index is 1040. The molecule has 0 aliphatic carbocycles. The van der Waals surface area contributed by atoms with Crippen LogP contribution >= 0.6 is 11.3 Å². The molecule has 0 bridgehead atoms. The van der Waals surface area contributed by atoms with E-state index in [0.29, 0.717) is 17.2 Å². The van der Waals surface area contributed by atoms with Crippen LogP contribution in [0.5, 0.6) is 0 Å². The van der Waals surface area contributed by atoms with Crippen LogP contribution in [0.4, 0.5) is 10.8 Å². The summed E-state index contributed by atoms with van der Waals surface area (Å²) in [6.07, 6.45) is 6.26. The molecule has 1 aromatic carbocycles. The van der Waals surface area contributed by atoms with E-state index >= 15 is 0 Å². The molecule has 0 atom stereocenters. The zero-order valence-corrected chi connectivity index (χ0v) is 17.8. The second-order valence-electron chi connectivity index (χ2n) is 8.08. The van der Waals surface area contributed by atoms with Gasteiger partial charge < -0.3 is 20.4 Å². The van der Waals surface area contributed by atoms with Gasteiger partial charge in [0, 0.05) is 43.3 Å². The number of carbonyl (C=O) groups excluding carboxylic acids is 1. The number of amides is 1. The van der Waals surface area contributed by atoms with Crippen LogP contribution in [0.1, 0.15) is 42.7 Å². The summed E-state index contributed by atoms with van der Waals surface area (Å²) in [6, 6.07) is 3.70. The van der Waals surface area contributed by atoms with Gasteiger partial charge in [0.25, 0.3) is 5.91 Å². The van der Waals surface area contributed by atoms with Crippen molar-refractivity contribution in [2.45, 2.75) is 32.3 Å². The maximum Gasteiger partial charge on any atom is 0.275 e. The number of hydrogen-bond donors (Lipinski definition) is 3. The summed E-state index contributed by atoms with van der Waals surface area (Å²) in [5.74, 6) is -0.0240. The van der Waals surface area contributed by atoms with Crippen molar-refractivity contribution >= 4 is 38.3 Å². The highest BCUT2D eigenvalue weighted by molar-refractivity contribution is 7.22. The average Bonchev–Trinajstić information content (AvgIpc) is 3.16. The number of fused-ring (bicyclic) bond motifs is 1. The van der Waals surface area contributed by atoms with Crippen LogP contribution < -0.4 is 10.2 Å². The molecule has 30 heavy (non-hydrogen) atoms. The molecule has 2 aromatic heterocycles. The van der Waals surface area contributed by atoms with Gasteiger partial charge in [0.1, 0.15) is 5.69 Å². The highest BCUT2D eigenvalue weighted by Gasteiger charge is 2.25. The lowest BCUT2D eigenvalue weighted by molar-refractivity contribution is 0.0794. The first-order valence-corrected chi connectivity index (χ1v) is 10.8. The molecule has 1 saturated heterocycles. The van der Waals surface area contributed by atoms with Crippen LogP contribution in [-0.4, -0.2) is 50.8 Å². The lowest BCUT2D eigenvalue weighted by atomic mass is 9.96. The fourth-order valence-corrected chi connectivity index (χ4v) is 4.65. The Labute approximate surface area is 178 Å². The third-order valence-electron chi connectivity index (χ3n) is 5.36. The Morgan fingerprint density at radius 3 is 2.70 bits per heavy atom. The number of anilines is 2. The third kappa shape index (κ3) is 4.28. The fraction of sp³-hybridized carbons (Fsp3) is 0.429. The van der Waals surface area contributed by atoms with Gasteiger partial charge in [0.15, 0.2) is 5.13 Å². The summed E-state index contributed by atoms with van der Waals surface area (Å²) in [7, 11) is 0. The molecule has 1 aliphatic heterocycles. The molecular weight excluding hydrogens is 402 g/mol. The highest BCUT2D eigenvalue weighted by Crippen LogP contribution is 2.37. The van der Waals surface area contributed by atoms with Crippen LogP contribution in [0.15, 0.2) is 30.7 Å². The molecule has 3 aromatic rings. The monoisotopic (exact) mass is 427 g/mol. The van der Waals surface area contributed by atoms with E-state index in [1.807, 2.05) is 12.1 Å². The Morgan fingerprint density at radius 2 is 2.07 bits per heavy atom. The number of rotatable bonds is 5. The predicted molar refractivity (Wildman–Crippen MR) is 117 cm³/mol. The van der Waals surface area contributed by atoms with Gasteiger partial charge in [-0.3, -0.25) is 9.78 Å². The molecule has 0 radical (unpaired) electrons. The Kier molecular flexibility index (Phi) is 5.68. The minimum absolute atomic E-state index is 0.205. The van der Waals surface area contributed by atoms with Crippen molar-refractivity contribution in [2.75, 3.05) is 29.9 Å². The van der Waals surface area contributed by atoms with Crippen molar-refractivity contribution in [3.8, 4) is 0 Å². The van der Waals surface area contributed by atoms with Gasteiger partial charge in [0.05, 0.1) is 22.0 Å². The Balaban J connectivity index is 1.66. The normalized spacial score (nSPS) is 15.5. The van der Waals surface area contributed by atoms with Crippen LogP contribution in [0.3, 0.4) is 0 Å². The van der Waals surface area contributed by atoms with Crippen molar-refractivity contribution in [1.29, 1.82) is 0 Å². The molecule has 3 N–H and O–H groups in total. The van der Waals surface area contributed by atoms with Gasteiger partial charge in [-0.25, -0.2) is 9.97 Å². The van der Waals surface area contributed by atoms with E-state index in [9.17, 15) is 15.0 Å². The number of aliphatic hydroxyl groups excluding tert-OH is 1. The Morgan fingerprint density at radius 1 is 1.30 bits per heavy atom. The van der Waals surface area contributed by atoms with E-state index in [2.05, 4.69) is 20.2 Å². The molecule has 0 saturated carbocycles. The molecule has 1 amide bonds. The maximum atomic E-state index is 12.6. The van der Waals surface area contributed by atoms with Gasteiger partial charge in [-0.05, 0) is 44.7 Å². The van der Waals surface area contributed by atoms with Crippen molar-refractivity contribution in [2.24, 2.45) is 5.92 Å². The number of nitrogens with zero attached hydrogens (tertiary/aromatic N) is 4. The molecular formula is C21H25N5O3S. The zero-order valence-electron chi connectivity index (χ0n) is 17.0. The second-order valence-corrected chi connectivity index (χ2v) is 9.09. The smallest absolute Gasteiger partial charge is 0.275 e. The first-order chi connectivity index (χ1) is 14.3. The van der Waals surface area contributed by atoms with Crippen molar-refractivity contribution in [3.05, 3.63) is 42.0 Å². The number of carbonyl (C=O) groups is 1. The summed E-state index contributed by atoms with van der Waals surface area (Å²) in [5.41, 5.74) is 0.940. The maximum absolute atomic E-state index is 12.6. The molecule has 158 valence electrons. The van der Waals surface area contributed by atoms with Gasteiger partial charge in [0.2, 0.25) is 0 Å².